The van der Waals surface area contributed by atoms with Crippen LogP contribution in [-0.4, -0.2) is 13.1 Å². The number of fused-ring (bicyclic) bond motifs is 1. The Bertz CT molecular complexity index is 471. The first-order valence-corrected chi connectivity index (χ1v) is 6.57. The molecule has 0 spiro atoms. The molecule has 0 fully saturated rings. The summed E-state index contributed by atoms with van der Waals surface area (Å²) in [5, 5.41) is 9.07. The van der Waals surface area contributed by atoms with Crippen LogP contribution in [-0.2, 0) is 6.42 Å². The van der Waals surface area contributed by atoms with E-state index in [9.17, 15) is 0 Å². The molecule has 96 valence electrons. The lowest BCUT2D eigenvalue weighted by atomic mass is 9.90. The number of nitrogens with two attached hydrogens (primary N) is 1. The molecule has 1 heterocycles. The second kappa shape index (κ2) is 4.89. The molecular weight excluding hydrogens is 222 g/mol. The van der Waals surface area contributed by atoms with E-state index >= 15 is 0 Å². The summed E-state index contributed by atoms with van der Waals surface area (Å²) >= 11 is 0. The number of nitriles is 1. The number of benzene rings is 1. The second-order valence-electron chi connectivity index (χ2n) is 5.68. The average molecular weight is 243 g/mol. The molecule has 0 atom stereocenters. The van der Waals surface area contributed by atoms with Crippen molar-refractivity contribution in [3.8, 4) is 6.07 Å². The van der Waals surface area contributed by atoms with E-state index in [4.69, 9.17) is 11.0 Å². The van der Waals surface area contributed by atoms with Crippen LogP contribution in [0.3, 0.4) is 0 Å². The Morgan fingerprint density at radius 1 is 1.44 bits per heavy atom. The molecule has 2 N–H and O–H groups in total. The molecule has 1 aromatic carbocycles. The summed E-state index contributed by atoms with van der Waals surface area (Å²) in [4.78, 5) is 2.37. The lowest BCUT2D eigenvalue weighted by Crippen LogP contribution is -2.32. The third-order valence-electron chi connectivity index (χ3n) is 3.69. The van der Waals surface area contributed by atoms with Crippen molar-refractivity contribution in [2.75, 3.05) is 23.7 Å². The molecule has 0 amide bonds. The van der Waals surface area contributed by atoms with Crippen molar-refractivity contribution in [1.29, 1.82) is 5.26 Å². The summed E-state index contributed by atoms with van der Waals surface area (Å²) in [6.45, 7) is 5.99. The highest BCUT2D eigenvalue weighted by molar-refractivity contribution is 5.66. The van der Waals surface area contributed by atoms with Crippen LogP contribution in [0.5, 0.6) is 0 Å². The van der Waals surface area contributed by atoms with Crippen LogP contribution >= 0.6 is 0 Å². The van der Waals surface area contributed by atoms with Crippen LogP contribution in [0.25, 0.3) is 0 Å². The van der Waals surface area contributed by atoms with Crippen LogP contribution in [0.4, 0.5) is 11.4 Å². The zero-order valence-corrected chi connectivity index (χ0v) is 11.2. The number of hydrogen-bond acceptors (Lipinski definition) is 3. The lowest BCUT2D eigenvalue weighted by Gasteiger charge is -2.33. The molecule has 18 heavy (non-hydrogen) atoms. The molecule has 0 radical (unpaired) electrons. The summed E-state index contributed by atoms with van der Waals surface area (Å²) in [7, 11) is 0. The van der Waals surface area contributed by atoms with Crippen LogP contribution < -0.4 is 10.6 Å². The van der Waals surface area contributed by atoms with Crippen molar-refractivity contribution in [3.63, 3.8) is 0 Å². The minimum atomic E-state index is -0.252. The summed E-state index contributed by atoms with van der Waals surface area (Å²) < 4.78 is 0. The summed E-state index contributed by atoms with van der Waals surface area (Å²) in [6.07, 6.45) is 3.10. The first kappa shape index (κ1) is 12.8. The van der Waals surface area contributed by atoms with E-state index in [-0.39, 0.29) is 5.41 Å². The number of rotatable bonds is 3. The number of anilines is 2. The van der Waals surface area contributed by atoms with Gasteiger partial charge >= 0.3 is 0 Å². The van der Waals surface area contributed by atoms with Gasteiger partial charge < -0.3 is 10.6 Å². The predicted molar refractivity (Wildman–Crippen MR) is 75.4 cm³/mol. The first-order chi connectivity index (χ1) is 8.53. The monoisotopic (exact) mass is 243 g/mol. The molecule has 0 aromatic heterocycles. The van der Waals surface area contributed by atoms with Crippen molar-refractivity contribution >= 4 is 11.4 Å². The van der Waals surface area contributed by atoms with E-state index < -0.39 is 0 Å². The van der Waals surface area contributed by atoms with Crippen LogP contribution in [0.15, 0.2) is 18.2 Å². The molecule has 1 aliphatic rings. The Hall–Kier alpha value is -1.69. The van der Waals surface area contributed by atoms with E-state index in [1.807, 2.05) is 26.0 Å². The molecule has 3 heteroatoms. The van der Waals surface area contributed by atoms with Crippen molar-refractivity contribution in [2.45, 2.75) is 33.1 Å². The van der Waals surface area contributed by atoms with E-state index in [0.29, 0.717) is 0 Å². The molecule has 0 saturated carbocycles. The van der Waals surface area contributed by atoms with Gasteiger partial charge in [0.25, 0.3) is 0 Å². The molecule has 3 nitrogen and oxygen atoms in total. The van der Waals surface area contributed by atoms with Gasteiger partial charge in [0.1, 0.15) is 0 Å². The van der Waals surface area contributed by atoms with Gasteiger partial charge in [0, 0.05) is 24.5 Å². The molecule has 1 aromatic rings. The van der Waals surface area contributed by atoms with Gasteiger partial charge in [-0.2, -0.15) is 5.26 Å². The van der Waals surface area contributed by atoms with E-state index in [0.717, 1.165) is 38.0 Å². The average Bonchev–Trinajstić information content (AvgIpc) is 2.37. The highest BCUT2D eigenvalue weighted by Gasteiger charge is 2.22. The second-order valence-corrected chi connectivity index (χ2v) is 5.68. The van der Waals surface area contributed by atoms with Crippen LogP contribution in [0, 0.1) is 16.7 Å². The molecule has 0 saturated heterocycles. The standard InChI is InChI=1S/C15H21N3/c1-15(2,11-16)8-10-18-9-4-5-12-13(17)6-3-7-14(12)18/h3,6-7H,4-5,8-10,17H2,1-2H3. The fourth-order valence-corrected chi connectivity index (χ4v) is 2.43. The highest BCUT2D eigenvalue weighted by atomic mass is 15.1. The van der Waals surface area contributed by atoms with Gasteiger partial charge in [-0.25, -0.2) is 0 Å². The Balaban J connectivity index is 2.14. The van der Waals surface area contributed by atoms with Gasteiger partial charge in [-0.1, -0.05) is 6.07 Å². The topological polar surface area (TPSA) is 53.0 Å². The van der Waals surface area contributed by atoms with Gasteiger partial charge in [0.2, 0.25) is 0 Å². The van der Waals surface area contributed by atoms with Crippen molar-refractivity contribution in [3.05, 3.63) is 23.8 Å². The molecule has 0 bridgehead atoms. The van der Waals surface area contributed by atoms with Gasteiger partial charge in [0.15, 0.2) is 0 Å². The summed E-state index contributed by atoms with van der Waals surface area (Å²) in [5.74, 6) is 0. The van der Waals surface area contributed by atoms with E-state index in [1.165, 1.54) is 11.3 Å². The highest BCUT2D eigenvalue weighted by Crippen LogP contribution is 2.32. The van der Waals surface area contributed by atoms with Crippen molar-refractivity contribution in [1.82, 2.24) is 0 Å². The van der Waals surface area contributed by atoms with Gasteiger partial charge in [0.05, 0.1) is 11.5 Å². The molecule has 2 rings (SSSR count). The van der Waals surface area contributed by atoms with Crippen LogP contribution in [0.1, 0.15) is 32.3 Å². The van der Waals surface area contributed by atoms with Gasteiger partial charge in [-0.05, 0) is 50.8 Å². The third-order valence-corrected chi connectivity index (χ3v) is 3.69. The lowest BCUT2D eigenvalue weighted by molar-refractivity contribution is 0.447. The summed E-state index contributed by atoms with van der Waals surface area (Å²) in [5.41, 5.74) is 9.22. The Morgan fingerprint density at radius 2 is 2.22 bits per heavy atom. The fraction of sp³-hybridized carbons (Fsp3) is 0.533. The Kier molecular flexibility index (Phi) is 3.47. The molecule has 0 unspecified atom stereocenters. The molecular formula is C15H21N3. The number of nitrogen functional groups attached to an aromatic ring is 1. The van der Waals surface area contributed by atoms with Gasteiger partial charge in [-0.3, -0.25) is 0 Å². The zero-order chi connectivity index (χ0) is 13.2. The smallest absolute Gasteiger partial charge is 0.0684 e. The quantitative estimate of drug-likeness (QED) is 0.830. The fourth-order valence-electron chi connectivity index (χ4n) is 2.43. The minimum absolute atomic E-state index is 0.252. The van der Waals surface area contributed by atoms with Gasteiger partial charge in [-0.15, -0.1) is 0 Å². The maximum atomic E-state index is 9.07. The maximum absolute atomic E-state index is 9.07. The Morgan fingerprint density at radius 3 is 2.94 bits per heavy atom. The zero-order valence-electron chi connectivity index (χ0n) is 11.2. The summed E-state index contributed by atoms with van der Waals surface area (Å²) in [6, 6.07) is 8.50. The third kappa shape index (κ3) is 2.59. The largest absolute Gasteiger partial charge is 0.398 e. The molecule has 0 aliphatic carbocycles. The predicted octanol–water partition coefficient (Wildman–Crippen LogP) is 2.96. The minimum Gasteiger partial charge on any atom is -0.398 e. The maximum Gasteiger partial charge on any atom is 0.0684 e. The van der Waals surface area contributed by atoms with Crippen LogP contribution in [0.2, 0.25) is 0 Å². The first-order valence-electron chi connectivity index (χ1n) is 6.57. The van der Waals surface area contributed by atoms with E-state index in [1.54, 1.807) is 0 Å². The number of nitrogens with zero attached hydrogens (tertiary/aromatic N) is 2. The SMILES string of the molecule is CC(C)(C#N)CCN1CCCc2c(N)cccc21. The molecule has 1 aliphatic heterocycles. The van der Waals surface area contributed by atoms with E-state index in [2.05, 4.69) is 17.0 Å². The Labute approximate surface area is 109 Å². The normalized spacial score (nSPS) is 15.1. The number of hydrogen-bond donors (Lipinski definition) is 1. The van der Waals surface area contributed by atoms with Crippen molar-refractivity contribution < 1.29 is 0 Å². The van der Waals surface area contributed by atoms with Crippen molar-refractivity contribution in [2.24, 2.45) is 5.41 Å².